The fourth-order valence-electron chi connectivity index (χ4n) is 1.60. The van der Waals surface area contributed by atoms with Crippen LogP contribution >= 0.6 is 0 Å². The third kappa shape index (κ3) is 7.29. The van der Waals surface area contributed by atoms with Crippen LogP contribution in [0.3, 0.4) is 0 Å². The second-order valence-corrected chi connectivity index (χ2v) is 5.63. The summed E-state index contributed by atoms with van der Waals surface area (Å²) in [4.78, 5) is 20.2. The van der Waals surface area contributed by atoms with E-state index in [2.05, 4.69) is 46.7 Å². The molecule has 1 heterocycles. The first-order valence-corrected chi connectivity index (χ1v) is 7.17. The lowest BCUT2D eigenvalue weighted by Crippen LogP contribution is -2.47. The van der Waals surface area contributed by atoms with Gasteiger partial charge in [-0.3, -0.25) is 14.8 Å². The summed E-state index contributed by atoms with van der Waals surface area (Å²) in [6.45, 7) is 10.0. The maximum Gasteiger partial charge on any atom is 0.252 e. The van der Waals surface area contributed by atoms with Gasteiger partial charge >= 0.3 is 0 Å². The summed E-state index contributed by atoms with van der Waals surface area (Å²) in [5.74, 6) is 0.618. The number of carbonyl (C=O) groups is 1. The van der Waals surface area contributed by atoms with Gasteiger partial charge in [-0.1, -0.05) is 0 Å². The maximum atomic E-state index is 11.8. The van der Waals surface area contributed by atoms with Crippen molar-refractivity contribution in [2.24, 2.45) is 4.99 Å². The molecule has 116 valence electrons. The molecule has 1 rings (SSSR count). The molecule has 0 fully saturated rings. The molecule has 0 unspecified atom stereocenters. The van der Waals surface area contributed by atoms with Crippen molar-refractivity contribution in [3.63, 3.8) is 0 Å². The topological polar surface area (TPSA) is 78.4 Å². The molecule has 0 saturated carbocycles. The van der Waals surface area contributed by atoms with Crippen LogP contribution in [0.5, 0.6) is 0 Å². The van der Waals surface area contributed by atoms with Crippen LogP contribution in [-0.4, -0.2) is 42.0 Å². The van der Waals surface area contributed by atoms with Gasteiger partial charge in [0.15, 0.2) is 5.96 Å². The lowest BCUT2D eigenvalue weighted by Gasteiger charge is -2.23. The van der Waals surface area contributed by atoms with Crippen LogP contribution < -0.4 is 16.0 Å². The Bertz CT molecular complexity index is 465. The van der Waals surface area contributed by atoms with Crippen LogP contribution in [0.2, 0.25) is 0 Å². The highest BCUT2D eigenvalue weighted by atomic mass is 16.1. The number of guanidine groups is 1. The molecule has 0 aliphatic heterocycles. The molecule has 0 aliphatic rings. The molecule has 0 bridgehead atoms. The summed E-state index contributed by atoms with van der Waals surface area (Å²) in [5.41, 5.74) is 0.501. The highest BCUT2D eigenvalue weighted by Gasteiger charge is 2.11. The zero-order valence-corrected chi connectivity index (χ0v) is 13.2. The molecular formula is C15H25N5O. The minimum atomic E-state index is -0.132. The Morgan fingerprint density at radius 3 is 2.67 bits per heavy atom. The van der Waals surface area contributed by atoms with Gasteiger partial charge in [0, 0.05) is 31.0 Å². The van der Waals surface area contributed by atoms with Crippen molar-refractivity contribution >= 4 is 11.9 Å². The van der Waals surface area contributed by atoms with Crippen molar-refractivity contribution in [2.45, 2.75) is 33.2 Å². The van der Waals surface area contributed by atoms with Crippen molar-refractivity contribution < 1.29 is 4.79 Å². The van der Waals surface area contributed by atoms with Gasteiger partial charge in [-0.15, -0.1) is 0 Å². The Hall–Kier alpha value is -2.11. The van der Waals surface area contributed by atoms with Gasteiger partial charge in [0.05, 0.1) is 12.1 Å². The minimum Gasteiger partial charge on any atom is -0.357 e. The number of nitrogens with zero attached hydrogens (tertiary/aromatic N) is 2. The van der Waals surface area contributed by atoms with E-state index in [1.807, 2.05) is 6.92 Å². The highest BCUT2D eigenvalue weighted by molar-refractivity contribution is 5.93. The second-order valence-electron chi connectivity index (χ2n) is 5.63. The van der Waals surface area contributed by atoms with E-state index in [1.54, 1.807) is 24.5 Å². The monoisotopic (exact) mass is 291 g/mol. The Morgan fingerprint density at radius 1 is 1.33 bits per heavy atom. The first-order valence-electron chi connectivity index (χ1n) is 7.17. The fraction of sp³-hybridized carbons (Fsp3) is 0.533. The summed E-state index contributed by atoms with van der Waals surface area (Å²) >= 11 is 0. The van der Waals surface area contributed by atoms with Gasteiger partial charge in [0.25, 0.3) is 5.91 Å². The van der Waals surface area contributed by atoms with Gasteiger partial charge in [-0.2, -0.15) is 0 Å². The molecule has 0 radical (unpaired) electrons. The van der Waals surface area contributed by atoms with Crippen LogP contribution in [0.1, 0.15) is 38.1 Å². The number of nitrogens with one attached hydrogen (secondary N) is 3. The first kappa shape index (κ1) is 16.9. The molecule has 1 amide bonds. The van der Waals surface area contributed by atoms with Crippen LogP contribution in [0, 0.1) is 0 Å². The number of aromatic nitrogens is 1. The molecule has 0 spiro atoms. The van der Waals surface area contributed by atoms with Gasteiger partial charge in [0.1, 0.15) is 0 Å². The molecule has 0 atom stereocenters. The smallest absolute Gasteiger partial charge is 0.252 e. The average Bonchev–Trinajstić information content (AvgIpc) is 2.43. The molecule has 0 saturated heterocycles. The van der Waals surface area contributed by atoms with E-state index in [4.69, 9.17) is 0 Å². The van der Waals surface area contributed by atoms with Crippen LogP contribution in [0.25, 0.3) is 0 Å². The van der Waals surface area contributed by atoms with Gasteiger partial charge in [-0.05, 0) is 39.8 Å². The van der Waals surface area contributed by atoms with E-state index in [1.165, 1.54) is 0 Å². The SMILES string of the molecule is CCNC(=NCCNC(=O)c1cccnc1)NC(C)(C)C. The van der Waals surface area contributed by atoms with E-state index in [9.17, 15) is 4.79 Å². The van der Waals surface area contributed by atoms with Crippen molar-refractivity contribution in [1.82, 2.24) is 20.9 Å². The van der Waals surface area contributed by atoms with Crippen molar-refractivity contribution in [2.75, 3.05) is 19.6 Å². The molecule has 0 aromatic carbocycles. The zero-order valence-electron chi connectivity index (χ0n) is 13.2. The molecule has 6 nitrogen and oxygen atoms in total. The summed E-state index contributed by atoms with van der Waals surface area (Å²) in [6, 6.07) is 3.47. The van der Waals surface area contributed by atoms with Crippen molar-refractivity contribution in [3.8, 4) is 0 Å². The number of hydrogen-bond acceptors (Lipinski definition) is 3. The quantitative estimate of drug-likeness (QED) is 0.432. The van der Waals surface area contributed by atoms with E-state index in [0.29, 0.717) is 18.7 Å². The van der Waals surface area contributed by atoms with Crippen molar-refractivity contribution in [3.05, 3.63) is 30.1 Å². The molecular weight excluding hydrogens is 266 g/mol. The Labute approximate surface area is 126 Å². The number of aliphatic imine (C=N–C) groups is 1. The van der Waals surface area contributed by atoms with Gasteiger partial charge in [-0.25, -0.2) is 0 Å². The predicted octanol–water partition coefficient (Wildman–Crippen LogP) is 1.16. The van der Waals surface area contributed by atoms with Gasteiger partial charge < -0.3 is 16.0 Å². The zero-order chi connectivity index (χ0) is 15.7. The summed E-state index contributed by atoms with van der Waals surface area (Å²) in [6.07, 6.45) is 3.19. The maximum absolute atomic E-state index is 11.8. The van der Waals surface area contributed by atoms with Crippen LogP contribution in [0.4, 0.5) is 0 Å². The second kappa shape index (κ2) is 8.24. The first-order chi connectivity index (χ1) is 9.92. The molecule has 21 heavy (non-hydrogen) atoms. The number of amides is 1. The normalized spacial score (nSPS) is 11.9. The molecule has 0 aliphatic carbocycles. The van der Waals surface area contributed by atoms with E-state index in [0.717, 1.165) is 12.5 Å². The largest absolute Gasteiger partial charge is 0.357 e. The number of hydrogen-bond donors (Lipinski definition) is 3. The summed E-state index contributed by atoms with van der Waals surface area (Å²) in [7, 11) is 0. The lowest BCUT2D eigenvalue weighted by atomic mass is 10.1. The highest BCUT2D eigenvalue weighted by Crippen LogP contribution is 1.98. The number of carbonyl (C=O) groups excluding carboxylic acids is 1. The van der Waals surface area contributed by atoms with E-state index in [-0.39, 0.29) is 11.4 Å². The standard InChI is InChI=1S/C15H25N5O/c1-5-17-14(20-15(2,3)4)19-10-9-18-13(21)12-7-6-8-16-11-12/h6-8,11H,5,9-10H2,1-4H3,(H,18,21)(H2,17,19,20). The number of pyridine rings is 1. The lowest BCUT2D eigenvalue weighted by molar-refractivity contribution is 0.0954. The van der Waals surface area contributed by atoms with Crippen LogP contribution in [0.15, 0.2) is 29.5 Å². The molecule has 6 heteroatoms. The Kier molecular flexibility index (Phi) is 6.65. The Balaban J connectivity index is 2.42. The Morgan fingerprint density at radius 2 is 2.10 bits per heavy atom. The van der Waals surface area contributed by atoms with Crippen molar-refractivity contribution in [1.29, 1.82) is 0 Å². The summed E-state index contributed by atoms with van der Waals surface area (Å²) in [5, 5.41) is 9.29. The molecule has 1 aromatic heterocycles. The van der Waals surface area contributed by atoms with Gasteiger partial charge in [0.2, 0.25) is 0 Å². The molecule has 1 aromatic rings. The molecule has 3 N–H and O–H groups in total. The third-order valence-corrected chi connectivity index (χ3v) is 2.43. The third-order valence-electron chi connectivity index (χ3n) is 2.43. The average molecular weight is 291 g/mol. The minimum absolute atomic E-state index is 0.0556. The van der Waals surface area contributed by atoms with Crippen LogP contribution in [-0.2, 0) is 0 Å². The van der Waals surface area contributed by atoms with E-state index < -0.39 is 0 Å². The van der Waals surface area contributed by atoms with E-state index >= 15 is 0 Å². The summed E-state index contributed by atoms with van der Waals surface area (Å²) < 4.78 is 0. The predicted molar refractivity (Wildman–Crippen MR) is 85.4 cm³/mol. The fourth-order valence-corrected chi connectivity index (χ4v) is 1.60. The number of rotatable bonds is 5.